The highest BCUT2D eigenvalue weighted by molar-refractivity contribution is 5.75. The van der Waals surface area contributed by atoms with Crippen LogP contribution in [0, 0.1) is 46.3 Å². The van der Waals surface area contributed by atoms with Crippen LogP contribution >= 0.6 is 0 Å². The minimum atomic E-state index is -0.395. The van der Waals surface area contributed by atoms with E-state index in [1.165, 1.54) is 0 Å². The number of hydrogen-bond acceptors (Lipinski definition) is 6. The zero-order valence-electron chi connectivity index (χ0n) is 23.8. The molecule has 0 saturated heterocycles. The first kappa shape index (κ1) is 27.3. The second-order valence-corrected chi connectivity index (χ2v) is 14.0. The second-order valence-electron chi connectivity index (χ2n) is 14.0. The van der Waals surface area contributed by atoms with Crippen LogP contribution in [0.25, 0.3) is 0 Å². The van der Waals surface area contributed by atoms with Crippen molar-refractivity contribution in [3.63, 3.8) is 0 Å². The molecule has 7 heteroatoms. The summed E-state index contributed by atoms with van der Waals surface area (Å²) in [5.41, 5.74) is 0.841. The van der Waals surface area contributed by atoms with Gasteiger partial charge in [-0.3, -0.25) is 4.79 Å². The molecule has 0 bridgehead atoms. The van der Waals surface area contributed by atoms with Crippen LogP contribution in [0.2, 0.25) is 0 Å². The fourth-order valence-corrected chi connectivity index (χ4v) is 10.0. The van der Waals surface area contributed by atoms with E-state index in [0.29, 0.717) is 42.6 Å². The van der Waals surface area contributed by atoms with Crippen molar-refractivity contribution in [2.45, 2.75) is 103 Å². The van der Waals surface area contributed by atoms with Gasteiger partial charge in [0.15, 0.2) is 11.5 Å². The predicted octanol–water partition coefficient (Wildman–Crippen LogP) is 4.41. The number of rotatable bonds is 6. The third-order valence-electron chi connectivity index (χ3n) is 12.3. The van der Waals surface area contributed by atoms with Crippen LogP contribution in [-0.2, 0) is 11.3 Å². The Morgan fingerprint density at radius 2 is 1.85 bits per heavy atom. The van der Waals surface area contributed by atoms with E-state index in [1.54, 1.807) is 0 Å². The quantitative estimate of drug-likeness (QED) is 0.425. The van der Waals surface area contributed by atoms with E-state index in [2.05, 4.69) is 26.1 Å². The Kier molecular flexibility index (Phi) is 7.16. The molecule has 1 heterocycles. The number of carbonyl (C=O) groups is 1. The van der Waals surface area contributed by atoms with Crippen molar-refractivity contribution in [3.8, 4) is 11.5 Å². The monoisotopic (exact) mass is 541 g/mol. The molecular weight excluding hydrogens is 494 g/mol. The summed E-state index contributed by atoms with van der Waals surface area (Å²) in [6.45, 7) is 7.60. The Balaban J connectivity index is 1.08. The van der Waals surface area contributed by atoms with E-state index in [-0.39, 0.29) is 41.7 Å². The molecular formula is C32H47NO6. The molecule has 4 N–H and O–H groups in total. The van der Waals surface area contributed by atoms with Crippen LogP contribution < -0.4 is 14.8 Å². The minimum Gasteiger partial charge on any atom is -0.454 e. The third kappa shape index (κ3) is 4.57. The van der Waals surface area contributed by atoms with Gasteiger partial charge in [-0.2, -0.15) is 0 Å². The molecule has 6 rings (SSSR count). The van der Waals surface area contributed by atoms with Crippen molar-refractivity contribution in [2.24, 2.45) is 46.3 Å². The molecule has 4 aliphatic carbocycles. The number of amides is 1. The number of nitrogens with one attached hydrogen (secondary N) is 1. The van der Waals surface area contributed by atoms with Gasteiger partial charge in [-0.25, -0.2) is 0 Å². The molecule has 0 radical (unpaired) electrons. The molecule has 0 aromatic heterocycles. The standard InChI is InChI=1S/C32H47NO6/c1-18(4-9-29(37)33-16-19-5-8-26-27(12-19)39-17-38-26)22-6-7-23-30-24(15-28(36)32(22,23)3)31(2)11-10-21(34)13-20(31)14-25(30)35/h5,8,12,18,20-25,28,30,34-36H,4,6-7,9-11,13-17H2,1-3H3,(H,33,37)/t18-,20+,21-,22-,23+,24+,25-,28+,30+,31+,32-/m1/s1. The van der Waals surface area contributed by atoms with Crippen LogP contribution in [0.4, 0.5) is 0 Å². The fourth-order valence-electron chi connectivity index (χ4n) is 10.0. The molecule has 0 unspecified atom stereocenters. The lowest BCUT2D eigenvalue weighted by Crippen LogP contribution is -2.62. The molecule has 1 aromatic carbocycles. The Morgan fingerprint density at radius 3 is 2.67 bits per heavy atom. The Labute approximate surface area is 232 Å². The number of aliphatic hydroxyl groups excluding tert-OH is 3. The van der Waals surface area contributed by atoms with Gasteiger partial charge in [-0.1, -0.05) is 26.8 Å². The Morgan fingerprint density at radius 1 is 1.05 bits per heavy atom. The molecule has 1 aliphatic heterocycles. The maximum Gasteiger partial charge on any atom is 0.231 e. The van der Waals surface area contributed by atoms with Crippen LogP contribution in [0.3, 0.4) is 0 Å². The first-order valence-corrected chi connectivity index (χ1v) is 15.3. The third-order valence-corrected chi connectivity index (χ3v) is 12.3. The van der Waals surface area contributed by atoms with Crippen LogP contribution in [0.5, 0.6) is 11.5 Å². The van der Waals surface area contributed by atoms with Gasteiger partial charge >= 0.3 is 0 Å². The summed E-state index contributed by atoms with van der Waals surface area (Å²) in [5, 5.41) is 36.6. The largest absolute Gasteiger partial charge is 0.454 e. The molecule has 0 spiro atoms. The molecule has 1 aromatic rings. The average Bonchev–Trinajstić information content (AvgIpc) is 3.52. The summed E-state index contributed by atoms with van der Waals surface area (Å²) in [7, 11) is 0. The van der Waals surface area contributed by atoms with E-state index in [1.807, 2.05) is 18.2 Å². The summed E-state index contributed by atoms with van der Waals surface area (Å²) in [6.07, 6.45) is 6.48. The van der Waals surface area contributed by atoms with Gasteiger partial charge in [-0.15, -0.1) is 0 Å². The van der Waals surface area contributed by atoms with Crippen molar-refractivity contribution in [3.05, 3.63) is 23.8 Å². The van der Waals surface area contributed by atoms with E-state index >= 15 is 0 Å². The summed E-state index contributed by atoms with van der Waals surface area (Å²) in [5.74, 6) is 3.33. The average molecular weight is 542 g/mol. The summed E-state index contributed by atoms with van der Waals surface area (Å²) in [6, 6.07) is 5.75. The number of aliphatic hydroxyl groups is 3. The van der Waals surface area contributed by atoms with Gasteiger partial charge in [0.1, 0.15) is 0 Å². The van der Waals surface area contributed by atoms with Crippen molar-refractivity contribution < 1.29 is 29.6 Å². The fraction of sp³-hybridized carbons (Fsp3) is 0.781. The van der Waals surface area contributed by atoms with Crippen LogP contribution in [0.15, 0.2) is 18.2 Å². The number of fused-ring (bicyclic) bond motifs is 6. The zero-order valence-corrected chi connectivity index (χ0v) is 23.8. The van der Waals surface area contributed by atoms with Crippen molar-refractivity contribution in [1.82, 2.24) is 5.32 Å². The Hall–Kier alpha value is -1.83. The van der Waals surface area contributed by atoms with Gasteiger partial charge in [0.2, 0.25) is 12.7 Å². The number of benzene rings is 1. The van der Waals surface area contributed by atoms with E-state index < -0.39 is 6.10 Å². The maximum atomic E-state index is 12.8. The topological polar surface area (TPSA) is 108 Å². The summed E-state index contributed by atoms with van der Waals surface area (Å²) >= 11 is 0. The molecule has 5 aliphatic rings. The smallest absolute Gasteiger partial charge is 0.231 e. The molecule has 1 amide bonds. The minimum absolute atomic E-state index is 0.0460. The van der Waals surface area contributed by atoms with Gasteiger partial charge in [-0.05, 0) is 115 Å². The normalized spacial score (nSPS) is 43.2. The molecule has 4 saturated carbocycles. The maximum absolute atomic E-state index is 12.8. The highest BCUT2D eigenvalue weighted by Gasteiger charge is 2.65. The molecule has 11 atom stereocenters. The van der Waals surface area contributed by atoms with Crippen molar-refractivity contribution >= 4 is 5.91 Å². The lowest BCUT2D eigenvalue weighted by molar-refractivity contribution is -0.207. The van der Waals surface area contributed by atoms with Gasteiger partial charge in [0, 0.05) is 13.0 Å². The van der Waals surface area contributed by atoms with Gasteiger partial charge < -0.3 is 30.1 Å². The lowest BCUT2D eigenvalue weighted by atomic mass is 9.43. The van der Waals surface area contributed by atoms with Crippen LogP contribution in [0.1, 0.15) is 84.1 Å². The Bertz CT molecular complexity index is 1080. The first-order valence-electron chi connectivity index (χ1n) is 15.3. The van der Waals surface area contributed by atoms with Crippen LogP contribution in [-0.4, -0.2) is 46.3 Å². The number of carbonyl (C=O) groups excluding carboxylic acids is 1. The van der Waals surface area contributed by atoms with Gasteiger partial charge in [0.25, 0.3) is 0 Å². The van der Waals surface area contributed by atoms with E-state index in [0.717, 1.165) is 68.4 Å². The summed E-state index contributed by atoms with van der Waals surface area (Å²) < 4.78 is 10.8. The van der Waals surface area contributed by atoms with Crippen molar-refractivity contribution in [2.75, 3.05) is 6.79 Å². The summed E-state index contributed by atoms with van der Waals surface area (Å²) in [4.78, 5) is 12.8. The van der Waals surface area contributed by atoms with E-state index in [4.69, 9.17) is 9.47 Å². The van der Waals surface area contributed by atoms with Crippen molar-refractivity contribution in [1.29, 1.82) is 0 Å². The zero-order chi connectivity index (χ0) is 27.5. The molecule has 216 valence electrons. The molecule has 7 nitrogen and oxygen atoms in total. The SMILES string of the molecule is C[C@H](CCC(=O)NCc1ccc2c(c1)OCO2)[C@H]1CC[C@H]2[C@@H]3[C@H](O)C[C@@H]4C[C@H](O)CC[C@]4(C)[C@H]3C[C@H](O)[C@]12C. The second kappa shape index (κ2) is 10.2. The highest BCUT2D eigenvalue weighted by atomic mass is 16.7. The number of ether oxygens (including phenoxy) is 2. The predicted molar refractivity (Wildman–Crippen MR) is 147 cm³/mol. The first-order chi connectivity index (χ1) is 18.6. The molecule has 4 fully saturated rings. The number of hydrogen-bond donors (Lipinski definition) is 4. The van der Waals surface area contributed by atoms with E-state index in [9.17, 15) is 20.1 Å². The highest BCUT2D eigenvalue weighted by Crippen LogP contribution is 2.68. The lowest BCUT2D eigenvalue weighted by Gasteiger charge is -2.63. The van der Waals surface area contributed by atoms with Gasteiger partial charge in [0.05, 0.1) is 18.3 Å². The molecule has 39 heavy (non-hydrogen) atoms.